The van der Waals surface area contributed by atoms with Gasteiger partial charge in [0.05, 0.1) is 0 Å². The van der Waals surface area contributed by atoms with Crippen LogP contribution in [0.15, 0.2) is 23.5 Å². The van der Waals surface area contributed by atoms with Gasteiger partial charge in [0.1, 0.15) is 5.69 Å². The molecule has 1 aromatic heterocycles. The van der Waals surface area contributed by atoms with Gasteiger partial charge >= 0.3 is 0 Å². The van der Waals surface area contributed by atoms with Crippen molar-refractivity contribution in [3.8, 4) is 0 Å². The summed E-state index contributed by atoms with van der Waals surface area (Å²) in [6.07, 6.45) is 1.62. The lowest BCUT2D eigenvalue weighted by molar-refractivity contribution is 0.318. The van der Waals surface area contributed by atoms with Crippen molar-refractivity contribution >= 4 is 5.84 Å². The monoisotopic (exact) mass is 194 g/mol. The molecule has 0 aliphatic heterocycles. The van der Waals surface area contributed by atoms with Crippen molar-refractivity contribution in [2.45, 2.75) is 6.54 Å². The smallest absolute Gasteiger partial charge is 0.189 e. The average molecular weight is 194 g/mol. The highest BCUT2D eigenvalue weighted by molar-refractivity contribution is 5.96. The second-order valence-corrected chi connectivity index (χ2v) is 3.23. The van der Waals surface area contributed by atoms with Gasteiger partial charge in [-0.25, -0.2) is 0 Å². The molecule has 0 amide bonds. The van der Waals surface area contributed by atoms with Crippen LogP contribution in [0.1, 0.15) is 11.3 Å². The highest BCUT2D eigenvalue weighted by atomic mass is 16.4. The molecule has 0 atom stereocenters. The second-order valence-electron chi connectivity index (χ2n) is 3.23. The first-order chi connectivity index (χ1) is 6.65. The Morgan fingerprint density at radius 3 is 2.93 bits per heavy atom. The van der Waals surface area contributed by atoms with Crippen LogP contribution < -0.4 is 5.73 Å². The summed E-state index contributed by atoms with van der Waals surface area (Å²) in [5, 5.41) is 11.5. The Balaban J connectivity index is 3.03. The molecule has 1 rings (SSSR count). The standard InChI is InChI=1S/C9H14N4O/c1-13(2)6-7-4-3-5-11-8(7)9(10)12-14/h3-5,14H,6H2,1-2H3,(H2,10,12). The normalized spacial score (nSPS) is 12.1. The van der Waals surface area contributed by atoms with Crippen molar-refractivity contribution in [2.24, 2.45) is 10.9 Å². The topological polar surface area (TPSA) is 74.7 Å². The maximum atomic E-state index is 8.56. The Bertz CT molecular complexity index is 335. The Morgan fingerprint density at radius 2 is 2.36 bits per heavy atom. The van der Waals surface area contributed by atoms with E-state index in [4.69, 9.17) is 10.9 Å². The van der Waals surface area contributed by atoms with E-state index in [2.05, 4.69) is 10.1 Å². The van der Waals surface area contributed by atoms with Crippen molar-refractivity contribution in [3.63, 3.8) is 0 Å². The minimum atomic E-state index is 0.0439. The molecule has 0 unspecified atom stereocenters. The molecule has 3 N–H and O–H groups in total. The Labute approximate surface area is 82.9 Å². The third-order valence-corrected chi connectivity index (χ3v) is 1.73. The molecule has 0 aliphatic carbocycles. The van der Waals surface area contributed by atoms with E-state index in [1.807, 2.05) is 31.1 Å². The van der Waals surface area contributed by atoms with E-state index in [0.717, 1.165) is 5.56 Å². The number of aromatic nitrogens is 1. The molecule has 1 heterocycles. The Kier molecular flexibility index (Phi) is 3.41. The molecule has 0 bridgehead atoms. The largest absolute Gasteiger partial charge is 0.409 e. The number of nitrogens with zero attached hydrogens (tertiary/aromatic N) is 3. The van der Waals surface area contributed by atoms with E-state index in [1.165, 1.54) is 0 Å². The van der Waals surface area contributed by atoms with Crippen LogP contribution in [0, 0.1) is 0 Å². The van der Waals surface area contributed by atoms with Gasteiger partial charge in [0.15, 0.2) is 5.84 Å². The lowest BCUT2D eigenvalue weighted by Crippen LogP contribution is -2.20. The Hall–Kier alpha value is -1.62. The fourth-order valence-electron chi connectivity index (χ4n) is 1.18. The van der Waals surface area contributed by atoms with Crippen molar-refractivity contribution in [1.29, 1.82) is 0 Å². The van der Waals surface area contributed by atoms with Gasteiger partial charge in [-0.05, 0) is 25.7 Å². The van der Waals surface area contributed by atoms with Crippen molar-refractivity contribution < 1.29 is 5.21 Å². The molecule has 0 fully saturated rings. The number of rotatable bonds is 3. The summed E-state index contributed by atoms with van der Waals surface area (Å²) in [7, 11) is 3.89. The quantitative estimate of drug-likeness (QED) is 0.313. The van der Waals surface area contributed by atoms with Crippen LogP contribution in [0.5, 0.6) is 0 Å². The molecule has 0 saturated carbocycles. The summed E-state index contributed by atoms with van der Waals surface area (Å²) >= 11 is 0. The molecular formula is C9H14N4O. The molecule has 0 spiro atoms. The minimum Gasteiger partial charge on any atom is -0.409 e. The summed E-state index contributed by atoms with van der Waals surface area (Å²) < 4.78 is 0. The van der Waals surface area contributed by atoms with Gasteiger partial charge in [-0.1, -0.05) is 11.2 Å². The van der Waals surface area contributed by atoms with Crippen molar-refractivity contribution in [3.05, 3.63) is 29.6 Å². The molecule has 76 valence electrons. The molecular weight excluding hydrogens is 180 g/mol. The third-order valence-electron chi connectivity index (χ3n) is 1.73. The fourth-order valence-corrected chi connectivity index (χ4v) is 1.18. The van der Waals surface area contributed by atoms with E-state index in [0.29, 0.717) is 12.2 Å². The van der Waals surface area contributed by atoms with E-state index < -0.39 is 0 Å². The molecule has 0 aromatic carbocycles. The predicted molar refractivity (Wildman–Crippen MR) is 54.1 cm³/mol. The van der Waals surface area contributed by atoms with Crippen LogP contribution in [0.25, 0.3) is 0 Å². The summed E-state index contributed by atoms with van der Waals surface area (Å²) in [6, 6.07) is 3.73. The highest BCUT2D eigenvalue weighted by Gasteiger charge is 2.08. The van der Waals surface area contributed by atoms with E-state index in [1.54, 1.807) is 6.20 Å². The lowest BCUT2D eigenvalue weighted by Gasteiger charge is -2.11. The van der Waals surface area contributed by atoms with E-state index >= 15 is 0 Å². The first kappa shape index (κ1) is 10.5. The van der Waals surface area contributed by atoms with Gasteiger partial charge in [0, 0.05) is 12.7 Å². The van der Waals surface area contributed by atoms with Crippen LogP contribution in [0.4, 0.5) is 0 Å². The van der Waals surface area contributed by atoms with Crippen molar-refractivity contribution in [1.82, 2.24) is 9.88 Å². The number of amidine groups is 1. The molecule has 1 aromatic rings. The maximum absolute atomic E-state index is 8.56. The summed E-state index contributed by atoms with van der Waals surface area (Å²) in [5.74, 6) is 0.0439. The Morgan fingerprint density at radius 1 is 1.64 bits per heavy atom. The van der Waals surface area contributed by atoms with Gasteiger partial charge in [-0.3, -0.25) is 4.98 Å². The molecule has 0 radical (unpaired) electrons. The van der Waals surface area contributed by atoms with Gasteiger partial charge in [-0.15, -0.1) is 0 Å². The third kappa shape index (κ3) is 2.43. The van der Waals surface area contributed by atoms with Crippen LogP contribution in [-0.4, -0.2) is 35.0 Å². The van der Waals surface area contributed by atoms with Crippen LogP contribution in [0.2, 0.25) is 0 Å². The van der Waals surface area contributed by atoms with Gasteiger partial charge in [-0.2, -0.15) is 0 Å². The van der Waals surface area contributed by atoms with E-state index in [9.17, 15) is 0 Å². The van der Waals surface area contributed by atoms with Crippen LogP contribution >= 0.6 is 0 Å². The highest BCUT2D eigenvalue weighted by Crippen LogP contribution is 2.06. The number of hydrogen-bond acceptors (Lipinski definition) is 4. The number of hydrogen-bond donors (Lipinski definition) is 2. The predicted octanol–water partition coefficient (Wildman–Crippen LogP) is 0.238. The summed E-state index contributed by atoms with van der Waals surface area (Å²) in [6.45, 7) is 0.708. The van der Waals surface area contributed by atoms with Gasteiger partial charge in [0.25, 0.3) is 0 Å². The fraction of sp³-hybridized carbons (Fsp3) is 0.333. The molecule has 14 heavy (non-hydrogen) atoms. The summed E-state index contributed by atoms with van der Waals surface area (Å²) in [5.41, 5.74) is 6.96. The lowest BCUT2D eigenvalue weighted by atomic mass is 10.2. The number of oxime groups is 1. The zero-order valence-corrected chi connectivity index (χ0v) is 8.31. The SMILES string of the molecule is CN(C)Cc1cccnc1/C(N)=N/O. The molecule has 0 aliphatic rings. The molecule has 5 heteroatoms. The zero-order valence-electron chi connectivity index (χ0n) is 8.31. The maximum Gasteiger partial charge on any atom is 0.189 e. The van der Waals surface area contributed by atoms with Crippen LogP contribution in [0.3, 0.4) is 0 Å². The van der Waals surface area contributed by atoms with Crippen LogP contribution in [-0.2, 0) is 6.54 Å². The average Bonchev–Trinajstić information content (AvgIpc) is 2.16. The second kappa shape index (κ2) is 4.57. The van der Waals surface area contributed by atoms with Gasteiger partial charge < -0.3 is 15.8 Å². The zero-order chi connectivity index (χ0) is 10.6. The summed E-state index contributed by atoms with van der Waals surface area (Å²) in [4.78, 5) is 6.05. The number of nitrogens with two attached hydrogens (primary N) is 1. The minimum absolute atomic E-state index is 0.0439. The van der Waals surface area contributed by atoms with E-state index in [-0.39, 0.29) is 5.84 Å². The molecule has 0 saturated heterocycles. The first-order valence-electron chi connectivity index (χ1n) is 4.21. The van der Waals surface area contributed by atoms with Gasteiger partial charge in [0.2, 0.25) is 0 Å². The van der Waals surface area contributed by atoms with Crippen molar-refractivity contribution in [2.75, 3.05) is 14.1 Å². The first-order valence-corrected chi connectivity index (χ1v) is 4.21. The molecule has 5 nitrogen and oxygen atoms in total. The number of pyridine rings is 1.